The van der Waals surface area contributed by atoms with Crippen LogP contribution in [-0.4, -0.2) is 63.4 Å². The van der Waals surface area contributed by atoms with Crippen LogP contribution in [0.2, 0.25) is 0 Å². The van der Waals surface area contributed by atoms with E-state index in [1.807, 2.05) is 17.0 Å². The summed E-state index contributed by atoms with van der Waals surface area (Å²) in [5.41, 5.74) is 4.01. The normalized spacial score (nSPS) is 19.6. The van der Waals surface area contributed by atoms with Crippen LogP contribution in [0.3, 0.4) is 0 Å². The number of nitrogens with one attached hydrogen (secondary N) is 2. The molecule has 2 N–H and O–H groups in total. The summed E-state index contributed by atoms with van der Waals surface area (Å²) in [7, 11) is 0. The van der Waals surface area contributed by atoms with Crippen LogP contribution in [-0.2, 0) is 4.79 Å². The van der Waals surface area contributed by atoms with Crippen LogP contribution in [0.25, 0.3) is 5.69 Å². The molecular formula is C27H32N6O2. The van der Waals surface area contributed by atoms with Gasteiger partial charge in [-0.2, -0.15) is 0 Å². The van der Waals surface area contributed by atoms with Gasteiger partial charge >= 0.3 is 0 Å². The van der Waals surface area contributed by atoms with Crippen LogP contribution in [0.1, 0.15) is 53.1 Å². The highest BCUT2D eigenvalue weighted by molar-refractivity contribution is 5.97. The molecule has 1 saturated carbocycles. The molecule has 0 spiro atoms. The number of aryl methyl sites for hydroxylation is 1. The zero-order valence-corrected chi connectivity index (χ0v) is 20.1. The molecule has 0 bridgehead atoms. The van der Waals surface area contributed by atoms with Crippen molar-refractivity contribution in [2.75, 3.05) is 19.6 Å². The number of amides is 2. The second-order valence-corrected chi connectivity index (χ2v) is 9.56. The van der Waals surface area contributed by atoms with Crippen molar-refractivity contribution < 1.29 is 9.59 Å². The summed E-state index contributed by atoms with van der Waals surface area (Å²) in [4.78, 5) is 27.7. The van der Waals surface area contributed by atoms with Crippen LogP contribution >= 0.6 is 0 Å². The van der Waals surface area contributed by atoms with E-state index < -0.39 is 6.04 Å². The molecule has 0 radical (unpaired) electrons. The van der Waals surface area contributed by atoms with Crippen molar-refractivity contribution in [1.29, 1.82) is 0 Å². The second-order valence-electron chi connectivity index (χ2n) is 9.56. The van der Waals surface area contributed by atoms with E-state index in [4.69, 9.17) is 0 Å². The molecule has 8 nitrogen and oxygen atoms in total. The number of carbonyl (C=O) groups is 2. The van der Waals surface area contributed by atoms with Gasteiger partial charge in [0, 0.05) is 30.6 Å². The molecule has 8 heteroatoms. The molecule has 2 heterocycles. The third kappa shape index (κ3) is 5.59. The third-order valence-electron chi connectivity index (χ3n) is 6.96. The van der Waals surface area contributed by atoms with E-state index >= 15 is 0 Å². The van der Waals surface area contributed by atoms with Crippen molar-refractivity contribution in [3.8, 4) is 5.69 Å². The van der Waals surface area contributed by atoms with Gasteiger partial charge in [-0.25, -0.2) is 4.68 Å². The Morgan fingerprint density at radius 2 is 1.86 bits per heavy atom. The summed E-state index contributed by atoms with van der Waals surface area (Å²) in [6.45, 7) is 4.49. The highest BCUT2D eigenvalue weighted by Crippen LogP contribution is 2.40. The molecule has 1 saturated heterocycles. The summed E-state index contributed by atoms with van der Waals surface area (Å²) < 4.78 is 1.63. The Kier molecular flexibility index (Phi) is 6.90. The van der Waals surface area contributed by atoms with E-state index in [0.717, 1.165) is 44.6 Å². The highest BCUT2D eigenvalue weighted by atomic mass is 16.2. The Morgan fingerprint density at radius 1 is 1.09 bits per heavy atom. The Labute approximate surface area is 205 Å². The van der Waals surface area contributed by atoms with Gasteiger partial charge in [-0.05, 0) is 69.0 Å². The monoisotopic (exact) mass is 472 g/mol. The van der Waals surface area contributed by atoms with E-state index in [2.05, 4.69) is 52.1 Å². The summed E-state index contributed by atoms with van der Waals surface area (Å²) in [6, 6.07) is 15.9. The Hall–Kier alpha value is -3.52. The highest BCUT2D eigenvalue weighted by Gasteiger charge is 2.37. The Morgan fingerprint density at radius 3 is 2.51 bits per heavy atom. The second kappa shape index (κ2) is 10.4. The molecular weight excluding hydrogens is 440 g/mol. The minimum atomic E-state index is -0.508. The minimum Gasteiger partial charge on any atom is -0.341 e. The standard InChI is InChI=1S/C27H32N6O2/c1-19-5-7-20(8-6-19)23-18-25(23)28-13-2-4-24(27(35)32-15-3-16-32)30-26(34)21-9-11-22(12-10-21)33-17-14-29-31-33/h5-12,14,17,23-25,28H,2-4,13,15-16,18H2,1H3,(H,30,34)/t23-,24-,25+/m0/s1. The van der Waals surface area contributed by atoms with Crippen LogP contribution in [0.15, 0.2) is 60.9 Å². The van der Waals surface area contributed by atoms with Crippen molar-refractivity contribution in [1.82, 2.24) is 30.5 Å². The number of carbonyl (C=O) groups excluding carboxylic acids is 2. The van der Waals surface area contributed by atoms with Crippen LogP contribution in [0.4, 0.5) is 0 Å². The number of aromatic nitrogens is 3. The van der Waals surface area contributed by atoms with Crippen molar-refractivity contribution >= 4 is 11.8 Å². The molecule has 1 aliphatic heterocycles. The molecule has 2 fully saturated rings. The summed E-state index contributed by atoms with van der Waals surface area (Å²) in [5.74, 6) is 0.366. The largest absolute Gasteiger partial charge is 0.341 e. The maximum Gasteiger partial charge on any atom is 0.251 e. The molecule has 2 aliphatic rings. The van der Waals surface area contributed by atoms with Gasteiger partial charge in [-0.1, -0.05) is 35.0 Å². The molecule has 1 aliphatic carbocycles. The number of benzene rings is 2. The van der Waals surface area contributed by atoms with Crippen LogP contribution in [0.5, 0.6) is 0 Å². The maximum atomic E-state index is 13.0. The third-order valence-corrected chi connectivity index (χ3v) is 6.96. The Balaban J connectivity index is 1.13. The zero-order valence-electron chi connectivity index (χ0n) is 20.1. The first kappa shape index (κ1) is 23.2. The van der Waals surface area contributed by atoms with Gasteiger partial charge in [0.15, 0.2) is 0 Å². The van der Waals surface area contributed by atoms with Gasteiger partial charge in [-0.15, -0.1) is 5.10 Å². The van der Waals surface area contributed by atoms with Gasteiger partial charge in [0.25, 0.3) is 5.91 Å². The number of nitrogens with zero attached hydrogens (tertiary/aromatic N) is 4. The fourth-order valence-electron chi connectivity index (χ4n) is 4.56. The topological polar surface area (TPSA) is 92.1 Å². The molecule has 3 atom stereocenters. The molecule has 35 heavy (non-hydrogen) atoms. The van der Waals surface area contributed by atoms with Gasteiger partial charge in [0.1, 0.15) is 6.04 Å². The van der Waals surface area contributed by atoms with E-state index in [1.54, 1.807) is 29.2 Å². The smallest absolute Gasteiger partial charge is 0.251 e. The average molecular weight is 473 g/mol. The van der Waals surface area contributed by atoms with Crippen molar-refractivity contribution in [2.24, 2.45) is 0 Å². The van der Waals surface area contributed by atoms with Crippen molar-refractivity contribution in [3.05, 3.63) is 77.6 Å². The number of hydrogen-bond donors (Lipinski definition) is 2. The first-order valence-corrected chi connectivity index (χ1v) is 12.4. The van der Waals surface area contributed by atoms with Crippen molar-refractivity contribution in [2.45, 2.75) is 50.6 Å². The lowest BCUT2D eigenvalue weighted by atomic mass is 10.1. The SMILES string of the molecule is Cc1ccc([C@@H]2C[C@H]2NCCC[C@H](NC(=O)c2ccc(-n3ccnn3)cc2)C(=O)N2CCC2)cc1. The molecule has 182 valence electrons. The minimum absolute atomic E-state index is 0.0211. The molecule has 1 aromatic heterocycles. The first-order valence-electron chi connectivity index (χ1n) is 12.4. The van der Waals surface area contributed by atoms with Gasteiger partial charge in [-0.3, -0.25) is 9.59 Å². The van der Waals surface area contributed by atoms with E-state index in [0.29, 0.717) is 23.9 Å². The summed E-state index contributed by atoms with van der Waals surface area (Å²) in [5, 5.41) is 14.4. The van der Waals surface area contributed by atoms with Gasteiger partial charge in [0.2, 0.25) is 5.91 Å². The van der Waals surface area contributed by atoms with E-state index in [9.17, 15) is 9.59 Å². The lowest BCUT2D eigenvalue weighted by molar-refractivity contribution is -0.136. The molecule has 3 aromatic rings. The summed E-state index contributed by atoms with van der Waals surface area (Å²) >= 11 is 0. The summed E-state index contributed by atoms with van der Waals surface area (Å²) in [6.07, 6.45) is 6.98. The van der Waals surface area contributed by atoms with Gasteiger partial charge < -0.3 is 15.5 Å². The van der Waals surface area contributed by atoms with Crippen LogP contribution < -0.4 is 10.6 Å². The maximum absolute atomic E-state index is 13.0. The fourth-order valence-corrected chi connectivity index (χ4v) is 4.56. The zero-order chi connectivity index (χ0) is 24.2. The first-order chi connectivity index (χ1) is 17.1. The van der Waals surface area contributed by atoms with Gasteiger partial charge in [0.05, 0.1) is 18.1 Å². The number of hydrogen-bond acceptors (Lipinski definition) is 5. The van der Waals surface area contributed by atoms with Crippen LogP contribution in [0, 0.1) is 6.92 Å². The molecule has 2 aromatic carbocycles. The predicted octanol–water partition coefficient (Wildman–Crippen LogP) is 2.83. The van der Waals surface area contributed by atoms with Crippen molar-refractivity contribution in [3.63, 3.8) is 0 Å². The fraction of sp³-hybridized carbons (Fsp3) is 0.407. The van der Waals surface area contributed by atoms with E-state index in [1.165, 1.54) is 11.1 Å². The predicted molar refractivity (Wildman–Crippen MR) is 133 cm³/mol. The quantitative estimate of drug-likeness (QED) is 0.443. The number of likely N-dealkylation sites (tertiary alicyclic amines) is 1. The average Bonchev–Trinajstić information content (AvgIpc) is 3.39. The lowest BCUT2D eigenvalue weighted by Crippen LogP contribution is -2.53. The Bertz CT molecular complexity index is 1140. The molecule has 5 rings (SSSR count). The number of rotatable bonds is 10. The van der Waals surface area contributed by atoms with E-state index in [-0.39, 0.29) is 11.8 Å². The lowest BCUT2D eigenvalue weighted by Gasteiger charge is -2.34. The molecule has 2 amide bonds. The molecule has 0 unspecified atom stereocenters.